The fourth-order valence-electron chi connectivity index (χ4n) is 3.28. The van der Waals surface area contributed by atoms with Gasteiger partial charge in [-0.3, -0.25) is 0 Å². The number of anilines is 2. The van der Waals surface area contributed by atoms with Crippen molar-refractivity contribution >= 4 is 23.5 Å². The molecule has 3 rings (SSSR count). The molecule has 0 radical (unpaired) electrons. The zero-order valence-electron chi connectivity index (χ0n) is 12.5. The summed E-state index contributed by atoms with van der Waals surface area (Å²) in [7, 11) is 0. The molecule has 2 aliphatic rings. The Hall–Kier alpha value is -1.10. The smallest absolute Gasteiger partial charge is 0.231 e. The summed E-state index contributed by atoms with van der Waals surface area (Å²) in [4.78, 5) is 15.3. The Balaban J connectivity index is 1.62. The van der Waals surface area contributed by atoms with E-state index in [-0.39, 0.29) is 5.28 Å². The molecule has 1 N–H and O–H groups in total. The Labute approximate surface area is 131 Å². The van der Waals surface area contributed by atoms with Gasteiger partial charge in [0.05, 0.1) is 0 Å². The van der Waals surface area contributed by atoms with Crippen molar-refractivity contribution in [2.24, 2.45) is 5.92 Å². The van der Waals surface area contributed by atoms with Crippen molar-refractivity contribution in [1.29, 1.82) is 0 Å². The van der Waals surface area contributed by atoms with E-state index in [1.54, 1.807) is 0 Å². The molecular weight excluding hydrogens is 286 g/mol. The molecule has 116 valence electrons. The number of halogens is 1. The first kappa shape index (κ1) is 14.8. The molecule has 1 aliphatic heterocycles. The van der Waals surface area contributed by atoms with Crippen molar-refractivity contribution in [1.82, 2.24) is 15.0 Å². The lowest BCUT2D eigenvalue weighted by Crippen LogP contribution is -2.31. The monoisotopic (exact) mass is 309 g/mol. The third kappa shape index (κ3) is 4.19. The number of hydrogen-bond acceptors (Lipinski definition) is 5. The molecule has 6 heteroatoms. The number of aromatic nitrogens is 3. The van der Waals surface area contributed by atoms with Gasteiger partial charge in [0, 0.05) is 19.6 Å². The van der Waals surface area contributed by atoms with Gasteiger partial charge in [0.15, 0.2) is 0 Å². The minimum atomic E-state index is 0.289. The van der Waals surface area contributed by atoms with Crippen LogP contribution >= 0.6 is 11.6 Å². The van der Waals surface area contributed by atoms with Crippen LogP contribution in [-0.2, 0) is 0 Å². The number of piperidine rings is 1. The summed E-state index contributed by atoms with van der Waals surface area (Å²) in [6.45, 7) is 2.98. The van der Waals surface area contributed by atoms with Gasteiger partial charge in [-0.05, 0) is 49.6 Å². The Morgan fingerprint density at radius 1 is 0.952 bits per heavy atom. The molecule has 0 amide bonds. The van der Waals surface area contributed by atoms with Gasteiger partial charge >= 0.3 is 0 Å². The summed E-state index contributed by atoms with van der Waals surface area (Å²) in [5, 5.41) is 3.65. The van der Waals surface area contributed by atoms with Crippen molar-refractivity contribution in [2.45, 2.75) is 51.4 Å². The number of hydrogen-bond donors (Lipinski definition) is 1. The van der Waals surface area contributed by atoms with Gasteiger partial charge in [-0.1, -0.05) is 19.3 Å². The molecule has 1 saturated heterocycles. The molecule has 21 heavy (non-hydrogen) atoms. The molecule has 0 aromatic carbocycles. The number of nitrogens with one attached hydrogen (secondary N) is 1. The highest BCUT2D eigenvalue weighted by Gasteiger charge is 2.17. The first-order valence-electron chi connectivity index (χ1n) is 8.21. The molecule has 5 nitrogen and oxygen atoms in total. The van der Waals surface area contributed by atoms with E-state index >= 15 is 0 Å². The lowest BCUT2D eigenvalue weighted by molar-refractivity contribution is 0.373. The molecule has 0 atom stereocenters. The summed E-state index contributed by atoms with van der Waals surface area (Å²) < 4.78 is 0. The van der Waals surface area contributed by atoms with E-state index in [0.29, 0.717) is 5.95 Å². The molecule has 0 spiro atoms. The van der Waals surface area contributed by atoms with Crippen LogP contribution in [-0.4, -0.2) is 34.6 Å². The van der Waals surface area contributed by atoms with E-state index in [2.05, 4.69) is 25.2 Å². The maximum absolute atomic E-state index is 6.06. The van der Waals surface area contributed by atoms with Gasteiger partial charge in [0.1, 0.15) is 0 Å². The SMILES string of the molecule is Clc1nc(NCC2CCCCC2)nc(N2CCCCC2)n1. The van der Waals surface area contributed by atoms with Crippen LogP contribution < -0.4 is 10.2 Å². The van der Waals surface area contributed by atoms with Crippen molar-refractivity contribution in [3.05, 3.63) is 5.28 Å². The summed E-state index contributed by atoms with van der Waals surface area (Å²) in [5.41, 5.74) is 0. The fraction of sp³-hybridized carbons (Fsp3) is 0.800. The highest BCUT2D eigenvalue weighted by molar-refractivity contribution is 6.28. The Morgan fingerprint density at radius 3 is 2.43 bits per heavy atom. The average molecular weight is 310 g/mol. The summed E-state index contributed by atoms with van der Waals surface area (Å²) in [6, 6.07) is 0. The molecular formula is C15H24ClN5. The van der Waals surface area contributed by atoms with Crippen molar-refractivity contribution in [2.75, 3.05) is 29.9 Å². The van der Waals surface area contributed by atoms with Crippen LogP contribution in [0.25, 0.3) is 0 Å². The lowest BCUT2D eigenvalue weighted by atomic mass is 9.89. The summed E-state index contributed by atoms with van der Waals surface area (Å²) in [6.07, 6.45) is 10.4. The topological polar surface area (TPSA) is 53.9 Å². The van der Waals surface area contributed by atoms with Gasteiger partial charge < -0.3 is 10.2 Å². The maximum atomic E-state index is 6.06. The van der Waals surface area contributed by atoms with Gasteiger partial charge in [0.25, 0.3) is 0 Å². The van der Waals surface area contributed by atoms with Crippen LogP contribution in [0.2, 0.25) is 5.28 Å². The highest BCUT2D eigenvalue weighted by Crippen LogP contribution is 2.24. The molecule has 0 unspecified atom stereocenters. The zero-order chi connectivity index (χ0) is 14.5. The molecule has 2 heterocycles. The lowest BCUT2D eigenvalue weighted by Gasteiger charge is -2.27. The van der Waals surface area contributed by atoms with Crippen molar-refractivity contribution in [3.63, 3.8) is 0 Å². The highest BCUT2D eigenvalue weighted by atomic mass is 35.5. The first-order chi connectivity index (χ1) is 10.3. The maximum Gasteiger partial charge on any atom is 0.231 e. The third-order valence-corrected chi connectivity index (χ3v) is 4.68. The molecule has 1 aromatic heterocycles. The van der Waals surface area contributed by atoms with Crippen LogP contribution in [0.3, 0.4) is 0 Å². The van der Waals surface area contributed by atoms with Crippen molar-refractivity contribution < 1.29 is 0 Å². The molecule has 1 aromatic rings. The standard InChI is InChI=1S/C15H24ClN5/c16-13-18-14(17-11-12-7-3-1-4-8-12)20-15(19-13)21-9-5-2-6-10-21/h12H,1-11H2,(H,17,18,19,20). The number of rotatable bonds is 4. The zero-order valence-corrected chi connectivity index (χ0v) is 13.3. The van der Waals surface area contributed by atoms with Gasteiger partial charge in [-0.2, -0.15) is 15.0 Å². The molecule has 2 fully saturated rings. The molecule has 1 saturated carbocycles. The van der Waals surface area contributed by atoms with Gasteiger partial charge in [-0.25, -0.2) is 0 Å². The Kier molecular flexibility index (Phi) is 5.12. The Morgan fingerprint density at radius 2 is 1.67 bits per heavy atom. The van der Waals surface area contributed by atoms with Crippen LogP contribution in [0.5, 0.6) is 0 Å². The van der Waals surface area contributed by atoms with Crippen LogP contribution in [0.15, 0.2) is 0 Å². The van der Waals surface area contributed by atoms with Crippen LogP contribution in [0, 0.1) is 5.92 Å². The first-order valence-corrected chi connectivity index (χ1v) is 8.59. The van der Waals surface area contributed by atoms with Crippen molar-refractivity contribution in [3.8, 4) is 0 Å². The summed E-state index contributed by atoms with van der Waals surface area (Å²) >= 11 is 6.06. The van der Waals surface area contributed by atoms with Gasteiger partial charge in [-0.15, -0.1) is 0 Å². The van der Waals surface area contributed by atoms with E-state index in [9.17, 15) is 0 Å². The summed E-state index contributed by atoms with van der Waals surface area (Å²) in [5.74, 6) is 2.09. The van der Waals surface area contributed by atoms with E-state index in [0.717, 1.165) is 31.5 Å². The minimum absolute atomic E-state index is 0.289. The second-order valence-electron chi connectivity index (χ2n) is 6.16. The van der Waals surface area contributed by atoms with E-state index < -0.39 is 0 Å². The van der Waals surface area contributed by atoms with E-state index in [1.807, 2.05) is 0 Å². The predicted molar refractivity (Wildman–Crippen MR) is 86.0 cm³/mol. The minimum Gasteiger partial charge on any atom is -0.354 e. The van der Waals surface area contributed by atoms with Crippen LogP contribution in [0.1, 0.15) is 51.4 Å². The quantitative estimate of drug-likeness (QED) is 0.922. The van der Waals surface area contributed by atoms with Crippen LogP contribution in [0.4, 0.5) is 11.9 Å². The normalized spacial score (nSPS) is 20.5. The fourth-order valence-corrected chi connectivity index (χ4v) is 3.44. The molecule has 1 aliphatic carbocycles. The Bertz CT molecular complexity index is 455. The van der Waals surface area contributed by atoms with E-state index in [1.165, 1.54) is 51.4 Å². The van der Waals surface area contributed by atoms with E-state index in [4.69, 9.17) is 11.6 Å². The second kappa shape index (κ2) is 7.25. The largest absolute Gasteiger partial charge is 0.354 e. The third-order valence-electron chi connectivity index (χ3n) is 4.51. The second-order valence-corrected chi connectivity index (χ2v) is 6.50. The average Bonchev–Trinajstić information content (AvgIpc) is 2.54. The predicted octanol–water partition coefficient (Wildman–Crippen LogP) is 3.51. The molecule has 0 bridgehead atoms. The number of nitrogens with zero attached hydrogens (tertiary/aromatic N) is 4. The van der Waals surface area contributed by atoms with Gasteiger partial charge in [0.2, 0.25) is 17.2 Å².